The Bertz CT molecular complexity index is 1120. The number of hydrogen-bond donors (Lipinski definition) is 1. The van der Waals surface area contributed by atoms with E-state index < -0.39 is 5.41 Å². The van der Waals surface area contributed by atoms with Crippen LogP contribution >= 0.6 is 11.3 Å². The molecule has 0 radical (unpaired) electrons. The maximum atomic E-state index is 13.6. The van der Waals surface area contributed by atoms with Crippen molar-refractivity contribution in [2.24, 2.45) is 5.41 Å². The Morgan fingerprint density at radius 3 is 2.63 bits per heavy atom. The van der Waals surface area contributed by atoms with Gasteiger partial charge in [-0.05, 0) is 36.1 Å². The molecule has 0 spiro atoms. The maximum absolute atomic E-state index is 13.6. The molecule has 6 nitrogen and oxygen atoms in total. The first kappa shape index (κ1) is 18.9. The number of nitrogens with one attached hydrogen (secondary N) is 1. The molecule has 2 aromatic heterocycles. The van der Waals surface area contributed by atoms with Gasteiger partial charge in [-0.15, -0.1) is 11.3 Å². The molecule has 152 valence electrons. The van der Waals surface area contributed by atoms with E-state index >= 15 is 0 Å². The van der Waals surface area contributed by atoms with Crippen LogP contribution in [0.25, 0.3) is 0 Å². The lowest BCUT2D eigenvalue weighted by Gasteiger charge is -2.50. The first-order chi connectivity index (χ1) is 14.4. The molecule has 3 unspecified atom stereocenters. The summed E-state index contributed by atoms with van der Waals surface area (Å²) < 4.78 is 0. The van der Waals surface area contributed by atoms with E-state index in [0.29, 0.717) is 17.2 Å². The molecule has 0 fully saturated rings. The van der Waals surface area contributed by atoms with E-state index in [4.69, 9.17) is 0 Å². The summed E-state index contributed by atoms with van der Waals surface area (Å²) >= 11 is 1.27. The molecule has 0 saturated heterocycles. The number of anilines is 1. The van der Waals surface area contributed by atoms with Crippen molar-refractivity contribution in [1.82, 2.24) is 14.9 Å². The minimum atomic E-state index is -0.632. The molecule has 6 rings (SSSR count). The highest BCUT2D eigenvalue weighted by Crippen LogP contribution is 2.60. The van der Waals surface area contributed by atoms with Crippen molar-refractivity contribution in [2.75, 3.05) is 19.4 Å². The van der Waals surface area contributed by atoms with E-state index in [0.717, 1.165) is 11.3 Å². The topological polar surface area (TPSA) is 75.2 Å². The third-order valence-corrected chi connectivity index (χ3v) is 7.09. The largest absolute Gasteiger partial charge is 0.343 e. The first-order valence-electron chi connectivity index (χ1n) is 9.92. The molecule has 1 N–H and O–H groups in total. The number of rotatable bonds is 3. The van der Waals surface area contributed by atoms with Crippen LogP contribution in [0, 0.1) is 5.41 Å². The summed E-state index contributed by atoms with van der Waals surface area (Å²) in [5, 5.41) is 5.12. The number of amides is 2. The van der Waals surface area contributed by atoms with Crippen LogP contribution in [0.4, 0.5) is 5.13 Å². The van der Waals surface area contributed by atoms with E-state index in [-0.39, 0.29) is 23.7 Å². The van der Waals surface area contributed by atoms with Gasteiger partial charge in [0.1, 0.15) is 5.69 Å². The van der Waals surface area contributed by atoms with E-state index in [2.05, 4.69) is 39.6 Å². The van der Waals surface area contributed by atoms with Gasteiger partial charge in [-0.25, -0.2) is 4.98 Å². The van der Waals surface area contributed by atoms with Crippen LogP contribution in [-0.4, -0.2) is 40.8 Å². The summed E-state index contributed by atoms with van der Waals surface area (Å²) in [5.41, 5.74) is 4.40. The van der Waals surface area contributed by atoms with Crippen LogP contribution in [0.3, 0.4) is 0 Å². The predicted octanol–water partition coefficient (Wildman–Crippen LogP) is 3.87. The molecule has 2 heterocycles. The molecule has 3 aromatic rings. The molecule has 7 heteroatoms. The number of pyridine rings is 1. The Kier molecular flexibility index (Phi) is 4.25. The van der Waals surface area contributed by atoms with Crippen molar-refractivity contribution in [3.63, 3.8) is 0 Å². The summed E-state index contributed by atoms with van der Waals surface area (Å²) in [7, 11) is 3.37. The quantitative estimate of drug-likeness (QED) is 0.701. The zero-order chi connectivity index (χ0) is 21.0. The number of carbonyl (C=O) groups is 2. The highest BCUT2D eigenvalue weighted by Gasteiger charge is 2.54. The average molecular weight is 419 g/mol. The average Bonchev–Trinajstić information content (AvgIpc) is 3.21. The fourth-order valence-corrected chi connectivity index (χ4v) is 5.61. The zero-order valence-electron chi connectivity index (χ0n) is 17.0. The summed E-state index contributed by atoms with van der Waals surface area (Å²) in [6.45, 7) is 2.03. The predicted molar refractivity (Wildman–Crippen MR) is 116 cm³/mol. The van der Waals surface area contributed by atoms with Gasteiger partial charge in [-0.2, -0.15) is 0 Å². The van der Waals surface area contributed by atoms with Gasteiger partial charge in [0, 0.05) is 37.5 Å². The van der Waals surface area contributed by atoms with Gasteiger partial charge < -0.3 is 10.2 Å². The highest BCUT2D eigenvalue weighted by atomic mass is 32.1. The molecule has 30 heavy (non-hydrogen) atoms. The SMILES string of the molecule is CN(C)C(=O)c1csc(NC(=O)C2(C)CC3c4ccccc4C2c2cccnc23)n1. The Hall–Kier alpha value is -3.06. The van der Waals surface area contributed by atoms with Crippen LogP contribution in [-0.2, 0) is 4.79 Å². The van der Waals surface area contributed by atoms with Crippen LogP contribution in [0.5, 0.6) is 0 Å². The van der Waals surface area contributed by atoms with Gasteiger partial charge in [0.05, 0.1) is 11.1 Å². The highest BCUT2D eigenvalue weighted by molar-refractivity contribution is 7.14. The zero-order valence-corrected chi connectivity index (χ0v) is 17.9. The Morgan fingerprint density at radius 1 is 1.13 bits per heavy atom. The summed E-state index contributed by atoms with van der Waals surface area (Å²) in [6, 6.07) is 12.4. The normalized spacial score (nSPS) is 23.4. The number of benzene rings is 1. The summed E-state index contributed by atoms with van der Waals surface area (Å²) in [4.78, 5) is 36.2. The Balaban J connectivity index is 1.51. The third-order valence-electron chi connectivity index (χ3n) is 6.33. The molecular formula is C23H22N4O2S. The minimum absolute atomic E-state index is 0.0646. The molecular weight excluding hydrogens is 396 g/mol. The van der Waals surface area contributed by atoms with Gasteiger partial charge in [0.15, 0.2) is 5.13 Å². The lowest BCUT2D eigenvalue weighted by Crippen LogP contribution is -2.47. The number of aromatic nitrogens is 2. The van der Waals surface area contributed by atoms with Crippen LogP contribution < -0.4 is 5.32 Å². The molecule has 0 aliphatic heterocycles. The molecule has 0 saturated carbocycles. The van der Waals surface area contributed by atoms with Gasteiger partial charge >= 0.3 is 0 Å². The van der Waals surface area contributed by atoms with Crippen molar-refractivity contribution in [3.8, 4) is 0 Å². The number of fused-ring (bicyclic) bond motifs is 1. The molecule has 3 aliphatic rings. The van der Waals surface area contributed by atoms with Crippen molar-refractivity contribution in [2.45, 2.75) is 25.2 Å². The third kappa shape index (κ3) is 2.69. The van der Waals surface area contributed by atoms with Crippen LogP contribution in [0.15, 0.2) is 48.0 Å². The molecule has 1 aromatic carbocycles. The monoisotopic (exact) mass is 418 g/mol. The number of hydrogen-bond acceptors (Lipinski definition) is 5. The van der Waals surface area contributed by atoms with E-state index in [1.807, 2.05) is 25.3 Å². The number of nitrogens with zero attached hydrogens (tertiary/aromatic N) is 3. The lowest BCUT2D eigenvalue weighted by atomic mass is 9.53. The summed E-state index contributed by atoms with van der Waals surface area (Å²) in [5.74, 6) is -0.214. The fourth-order valence-electron chi connectivity index (χ4n) is 4.93. The number of thiazole rings is 1. The second-order valence-electron chi connectivity index (χ2n) is 8.41. The van der Waals surface area contributed by atoms with E-state index in [9.17, 15) is 9.59 Å². The molecule has 2 bridgehead atoms. The Morgan fingerprint density at radius 2 is 1.87 bits per heavy atom. The Labute approximate surface area is 179 Å². The minimum Gasteiger partial charge on any atom is -0.343 e. The van der Waals surface area contributed by atoms with Crippen LogP contribution in [0.2, 0.25) is 0 Å². The van der Waals surface area contributed by atoms with Gasteiger partial charge in [-0.3, -0.25) is 14.6 Å². The second-order valence-corrected chi connectivity index (χ2v) is 9.26. The first-order valence-corrected chi connectivity index (χ1v) is 10.8. The molecule has 3 atom stereocenters. The lowest BCUT2D eigenvalue weighted by molar-refractivity contribution is -0.126. The van der Waals surface area contributed by atoms with Gasteiger partial charge in [0.25, 0.3) is 5.91 Å². The number of carbonyl (C=O) groups excluding carboxylic acids is 2. The van der Waals surface area contributed by atoms with Gasteiger partial charge in [-0.1, -0.05) is 30.3 Å². The van der Waals surface area contributed by atoms with Crippen molar-refractivity contribution < 1.29 is 9.59 Å². The van der Waals surface area contributed by atoms with Gasteiger partial charge in [0.2, 0.25) is 5.91 Å². The second kappa shape index (κ2) is 6.74. The van der Waals surface area contributed by atoms with Crippen molar-refractivity contribution in [1.29, 1.82) is 0 Å². The van der Waals surface area contributed by atoms with E-state index in [1.54, 1.807) is 19.5 Å². The smallest absolute Gasteiger partial charge is 0.272 e. The van der Waals surface area contributed by atoms with Crippen molar-refractivity contribution in [3.05, 3.63) is 76.1 Å². The standard InChI is InChI=1S/C23H22N4O2S/c1-23(21(29)26-22-25-17(12-30-22)20(28)27(2)3)11-16-13-7-4-5-8-14(13)18(23)15-9-6-10-24-19(15)16/h4-10,12,16,18H,11H2,1-3H3,(H,25,26,29). The molecule has 2 amide bonds. The fraction of sp³-hybridized carbons (Fsp3) is 0.304. The summed E-state index contributed by atoms with van der Waals surface area (Å²) in [6.07, 6.45) is 2.53. The van der Waals surface area contributed by atoms with Crippen molar-refractivity contribution >= 4 is 28.3 Å². The molecule has 3 aliphatic carbocycles. The maximum Gasteiger partial charge on any atom is 0.272 e. The van der Waals surface area contributed by atoms with Crippen LogP contribution in [0.1, 0.15) is 58.1 Å². The van der Waals surface area contributed by atoms with E-state index in [1.165, 1.54) is 27.4 Å².